The van der Waals surface area contributed by atoms with E-state index < -0.39 is 10.8 Å². The first-order valence-corrected chi connectivity index (χ1v) is 11.6. The standard InChI is InChI=1S/C24H20N4O4S/c29-18-8-4-7-17-20(18)19(15-9-11-16(12-10-15)28(31)32)21-22(25-17)26-24(27-23(21)30)33-13-14-5-2-1-3-6-14/h1-3,5-6,9-12,19H,4,7-8,13H2,(H2,25,26,27,30). The fourth-order valence-electron chi connectivity index (χ4n) is 4.36. The number of carbonyl (C=O) groups excluding carboxylic acids is 1. The van der Waals surface area contributed by atoms with E-state index >= 15 is 0 Å². The molecule has 1 unspecified atom stereocenters. The van der Waals surface area contributed by atoms with Crippen LogP contribution >= 0.6 is 11.8 Å². The third kappa shape index (κ3) is 4.07. The number of ketones is 1. The molecule has 8 nitrogen and oxygen atoms in total. The number of nitrogens with zero attached hydrogens (tertiary/aromatic N) is 2. The fourth-order valence-corrected chi connectivity index (χ4v) is 5.17. The van der Waals surface area contributed by atoms with Crippen LogP contribution in [-0.4, -0.2) is 20.7 Å². The lowest BCUT2D eigenvalue weighted by Gasteiger charge is -2.32. The van der Waals surface area contributed by atoms with Gasteiger partial charge in [0.2, 0.25) is 0 Å². The maximum Gasteiger partial charge on any atom is 0.269 e. The normalized spacial score (nSPS) is 17.2. The Morgan fingerprint density at radius 2 is 1.82 bits per heavy atom. The van der Waals surface area contributed by atoms with Crippen molar-refractivity contribution < 1.29 is 9.72 Å². The van der Waals surface area contributed by atoms with Crippen molar-refractivity contribution in [1.82, 2.24) is 9.97 Å². The average molecular weight is 461 g/mol. The van der Waals surface area contributed by atoms with Crippen LogP contribution in [0.3, 0.4) is 0 Å². The number of thioether (sulfide) groups is 1. The number of nitro benzene ring substituents is 1. The summed E-state index contributed by atoms with van der Waals surface area (Å²) in [5.74, 6) is 0.459. The molecule has 0 amide bonds. The SMILES string of the molecule is O=C1CCCC2=C1C(c1ccc([N+](=O)[O-])cc1)c1c(nc(SCc3ccccc3)[nH]c1=O)N2. The van der Waals surface area contributed by atoms with Gasteiger partial charge in [0.05, 0.1) is 10.5 Å². The summed E-state index contributed by atoms with van der Waals surface area (Å²) in [6.45, 7) is 0. The molecule has 5 rings (SSSR count). The van der Waals surface area contributed by atoms with Crippen molar-refractivity contribution in [3.63, 3.8) is 0 Å². The predicted octanol–water partition coefficient (Wildman–Crippen LogP) is 4.53. The van der Waals surface area contributed by atoms with Gasteiger partial charge in [0.15, 0.2) is 10.9 Å². The first-order chi connectivity index (χ1) is 16.0. The molecular weight excluding hydrogens is 440 g/mol. The maximum atomic E-state index is 13.2. The van der Waals surface area contributed by atoms with Crippen LogP contribution in [0.15, 0.2) is 75.8 Å². The molecule has 1 atom stereocenters. The quantitative estimate of drug-likeness (QED) is 0.248. The molecule has 2 aromatic carbocycles. The number of aromatic amines is 1. The van der Waals surface area contributed by atoms with Crippen LogP contribution in [0.1, 0.15) is 41.9 Å². The molecule has 2 heterocycles. The Hall–Kier alpha value is -3.72. The van der Waals surface area contributed by atoms with E-state index in [1.807, 2.05) is 30.3 Å². The number of Topliss-reactive ketones (excluding diaryl/α,β-unsaturated/α-hetero) is 1. The van der Waals surface area contributed by atoms with E-state index in [2.05, 4.69) is 15.3 Å². The van der Waals surface area contributed by atoms with Gasteiger partial charge in [-0.15, -0.1) is 0 Å². The Labute approximate surface area is 193 Å². The molecule has 3 aromatic rings. The van der Waals surface area contributed by atoms with Gasteiger partial charge in [0, 0.05) is 41.5 Å². The van der Waals surface area contributed by atoms with Crippen LogP contribution in [0, 0.1) is 10.1 Å². The molecule has 33 heavy (non-hydrogen) atoms. The molecule has 0 spiro atoms. The Balaban J connectivity index is 1.57. The predicted molar refractivity (Wildman–Crippen MR) is 125 cm³/mol. The minimum atomic E-state index is -0.616. The van der Waals surface area contributed by atoms with Crippen LogP contribution in [0.4, 0.5) is 11.5 Å². The molecule has 2 aliphatic rings. The molecule has 0 bridgehead atoms. The second-order valence-corrected chi connectivity index (χ2v) is 8.95. The lowest BCUT2D eigenvalue weighted by Crippen LogP contribution is -2.32. The highest BCUT2D eigenvalue weighted by Gasteiger charge is 2.38. The zero-order valence-corrected chi connectivity index (χ0v) is 18.4. The van der Waals surface area contributed by atoms with Gasteiger partial charge in [-0.25, -0.2) is 4.98 Å². The van der Waals surface area contributed by atoms with E-state index in [1.54, 1.807) is 12.1 Å². The van der Waals surface area contributed by atoms with Crippen LogP contribution in [-0.2, 0) is 10.5 Å². The van der Waals surface area contributed by atoms with Crippen molar-refractivity contribution in [2.45, 2.75) is 36.1 Å². The average Bonchev–Trinajstić information content (AvgIpc) is 2.82. The summed E-state index contributed by atoms with van der Waals surface area (Å²) in [5, 5.41) is 14.8. The van der Waals surface area contributed by atoms with Crippen LogP contribution < -0.4 is 10.9 Å². The first kappa shape index (κ1) is 21.1. The summed E-state index contributed by atoms with van der Waals surface area (Å²) in [5.41, 5.74) is 3.10. The molecule has 1 aliphatic heterocycles. The third-order valence-corrected chi connectivity index (χ3v) is 6.84. The van der Waals surface area contributed by atoms with Crippen molar-refractivity contribution in [2.75, 3.05) is 5.32 Å². The molecule has 1 aliphatic carbocycles. The minimum absolute atomic E-state index is 0.0142. The minimum Gasteiger partial charge on any atom is -0.343 e. The van der Waals surface area contributed by atoms with Crippen LogP contribution in [0.2, 0.25) is 0 Å². The zero-order chi connectivity index (χ0) is 22.9. The summed E-state index contributed by atoms with van der Waals surface area (Å²) in [7, 11) is 0. The molecular formula is C24H20N4O4S. The first-order valence-electron chi connectivity index (χ1n) is 10.6. The number of rotatable bonds is 5. The topological polar surface area (TPSA) is 118 Å². The number of non-ortho nitro benzene ring substituents is 1. The fraction of sp³-hybridized carbons (Fsp3) is 0.208. The van der Waals surface area contributed by atoms with Crippen molar-refractivity contribution in [3.05, 3.63) is 103 Å². The summed E-state index contributed by atoms with van der Waals surface area (Å²) >= 11 is 1.43. The van der Waals surface area contributed by atoms with Gasteiger partial charge in [0.1, 0.15) is 5.82 Å². The number of hydrogen-bond acceptors (Lipinski definition) is 7. The van der Waals surface area contributed by atoms with Crippen molar-refractivity contribution >= 4 is 29.1 Å². The Morgan fingerprint density at radius 1 is 1.06 bits per heavy atom. The second kappa shape index (κ2) is 8.67. The number of hydrogen-bond donors (Lipinski definition) is 2. The molecule has 0 saturated heterocycles. The number of fused-ring (bicyclic) bond motifs is 1. The summed E-state index contributed by atoms with van der Waals surface area (Å²) in [6, 6.07) is 15.9. The molecule has 0 radical (unpaired) electrons. The van der Waals surface area contributed by atoms with Gasteiger partial charge in [-0.1, -0.05) is 54.2 Å². The van der Waals surface area contributed by atoms with E-state index in [4.69, 9.17) is 0 Å². The zero-order valence-electron chi connectivity index (χ0n) is 17.5. The number of benzene rings is 2. The van der Waals surface area contributed by atoms with Gasteiger partial charge in [0.25, 0.3) is 11.2 Å². The maximum absolute atomic E-state index is 13.2. The number of carbonyl (C=O) groups is 1. The van der Waals surface area contributed by atoms with Crippen LogP contribution in [0.5, 0.6) is 0 Å². The Bertz CT molecular complexity index is 1330. The molecule has 0 saturated carbocycles. The van der Waals surface area contributed by atoms with Crippen LogP contribution in [0.25, 0.3) is 0 Å². The number of anilines is 1. The third-order valence-electron chi connectivity index (χ3n) is 5.89. The molecule has 1 aromatic heterocycles. The van der Waals surface area contributed by atoms with Crippen molar-refractivity contribution in [1.29, 1.82) is 0 Å². The van der Waals surface area contributed by atoms with Gasteiger partial charge >= 0.3 is 0 Å². The monoisotopic (exact) mass is 460 g/mol. The second-order valence-electron chi connectivity index (χ2n) is 7.98. The number of nitro groups is 1. The summed E-state index contributed by atoms with van der Waals surface area (Å²) < 4.78 is 0. The van der Waals surface area contributed by atoms with E-state index in [0.29, 0.717) is 46.3 Å². The van der Waals surface area contributed by atoms with Crippen molar-refractivity contribution in [2.24, 2.45) is 0 Å². The van der Waals surface area contributed by atoms with E-state index in [9.17, 15) is 19.7 Å². The van der Waals surface area contributed by atoms with E-state index in [-0.39, 0.29) is 17.0 Å². The molecule has 9 heteroatoms. The van der Waals surface area contributed by atoms with Gasteiger partial charge in [-0.3, -0.25) is 19.7 Å². The summed E-state index contributed by atoms with van der Waals surface area (Å²) in [4.78, 5) is 44.3. The van der Waals surface area contributed by atoms with Gasteiger partial charge in [-0.2, -0.15) is 0 Å². The highest BCUT2D eigenvalue weighted by atomic mass is 32.2. The summed E-state index contributed by atoms with van der Waals surface area (Å²) in [6.07, 6.45) is 1.83. The Morgan fingerprint density at radius 3 is 2.55 bits per heavy atom. The highest BCUT2D eigenvalue weighted by molar-refractivity contribution is 7.98. The number of allylic oxidation sites excluding steroid dienone is 2. The number of nitrogens with one attached hydrogen (secondary N) is 2. The van der Waals surface area contributed by atoms with Gasteiger partial charge < -0.3 is 10.3 Å². The smallest absolute Gasteiger partial charge is 0.269 e. The number of H-pyrrole nitrogens is 1. The Kier molecular flexibility index (Phi) is 5.55. The van der Waals surface area contributed by atoms with Crippen molar-refractivity contribution in [3.8, 4) is 0 Å². The van der Waals surface area contributed by atoms with E-state index in [1.165, 1.54) is 23.9 Å². The number of aromatic nitrogens is 2. The molecule has 2 N–H and O–H groups in total. The lowest BCUT2D eigenvalue weighted by molar-refractivity contribution is -0.384. The highest BCUT2D eigenvalue weighted by Crippen LogP contribution is 2.43. The molecule has 166 valence electrons. The molecule has 0 fully saturated rings. The van der Waals surface area contributed by atoms with E-state index in [0.717, 1.165) is 17.7 Å². The largest absolute Gasteiger partial charge is 0.343 e. The lowest BCUT2D eigenvalue weighted by atomic mass is 9.76. The van der Waals surface area contributed by atoms with Gasteiger partial charge in [-0.05, 0) is 24.0 Å².